The van der Waals surface area contributed by atoms with Gasteiger partial charge in [0.05, 0.1) is 0 Å². The van der Waals surface area contributed by atoms with Crippen LogP contribution in [-0.2, 0) is 6.54 Å². The number of likely N-dealkylation sites (tertiary alicyclic amines) is 1. The van der Waals surface area contributed by atoms with Crippen LogP contribution in [0, 0.1) is 11.2 Å². The molecule has 0 aromatic heterocycles. The summed E-state index contributed by atoms with van der Waals surface area (Å²) in [6.07, 6.45) is 3.66. The molecule has 1 heterocycles. The summed E-state index contributed by atoms with van der Waals surface area (Å²) in [6.45, 7) is 7.48. The Labute approximate surface area is 108 Å². The lowest BCUT2D eigenvalue weighted by Gasteiger charge is -2.26. The summed E-state index contributed by atoms with van der Waals surface area (Å²) in [5.41, 5.74) is 1.39. The second kappa shape index (κ2) is 5.27. The second-order valence-corrected chi connectivity index (χ2v) is 5.45. The number of aromatic hydroxyl groups is 1. The minimum atomic E-state index is -0.524. The van der Waals surface area contributed by atoms with Gasteiger partial charge in [0.2, 0.25) is 0 Å². The maximum Gasteiger partial charge on any atom is 0.165 e. The topological polar surface area (TPSA) is 23.5 Å². The van der Waals surface area contributed by atoms with E-state index in [1.54, 1.807) is 6.07 Å². The fourth-order valence-corrected chi connectivity index (χ4v) is 2.90. The molecule has 1 aliphatic heterocycles. The number of benzene rings is 1. The van der Waals surface area contributed by atoms with E-state index in [2.05, 4.69) is 18.7 Å². The van der Waals surface area contributed by atoms with Crippen molar-refractivity contribution in [3.63, 3.8) is 0 Å². The lowest BCUT2D eigenvalue weighted by Crippen LogP contribution is -2.26. The van der Waals surface area contributed by atoms with E-state index in [-0.39, 0.29) is 5.75 Å². The summed E-state index contributed by atoms with van der Waals surface area (Å²) in [6, 6.07) is 4.68. The normalized spacial score (nSPS) is 19.3. The summed E-state index contributed by atoms with van der Waals surface area (Å²) >= 11 is 0. The van der Waals surface area contributed by atoms with Gasteiger partial charge in [-0.1, -0.05) is 19.9 Å². The number of phenols is 1. The smallest absolute Gasteiger partial charge is 0.165 e. The molecule has 1 N–H and O–H groups in total. The fourth-order valence-electron chi connectivity index (χ4n) is 2.90. The van der Waals surface area contributed by atoms with Gasteiger partial charge in [-0.05, 0) is 48.9 Å². The maximum atomic E-state index is 13.3. The van der Waals surface area contributed by atoms with Gasteiger partial charge in [0, 0.05) is 13.1 Å². The van der Waals surface area contributed by atoms with E-state index >= 15 is 0 Å². The lowest BCUT2D eigenvalue weighted by molar-refractivity contribution is 0.236. The van der Waals surface area contributed by atoms with Crippen molar-refractivity contribution in [1.29, 1.82) is 0 Å². The molecule has 2 nitrogen and oxygen atoms in total. The first-order valence-corrected chi connectivity index (χ1v) is 6.78. The number of halogens is 1. The van der Waals surface area contributed by atoms with E-state index < -0.39 is 5.82 Å². The van der Waals surface area contributed by atoms with E-state index in [9.17, 15) is 9.50 Å². The minimum absolute atomic E-state index is 0.267. The lowest BCUT2D eigenvalue weighted by atomic mass is 9.82. The van der Waals surface area contributed by atoms with Gasteiger partial charge in [-0.15, -0.1) is 0 Å². The number of nitrogens with zero attached hydrogens (tertiary/aromatic N) is 1. The Bertz CT molecular complexity index is 415. The highest BCUT2D eigenvalue weighted by atomic mass is 19.1. The van der Waals surface area contributed by atoms with Crippen LogP contribution in [0.3, 0.4) is 0 Å². The molecule has 1 saturated heterocycles. The number of phenolic OH excluding ortho intramolecular Hbond substituents is 1. The third kappa shape index (κ3) is 2.66. The maximum absolute atomic E-state index is 13.3. The van der Waals surface area contributed by atoms with Crippen molar-refractivity contribution in [2.45, 2.75) is 39.7 Å². The van der Waals surface area contributed by atoms with Crippen molar-refractivity contribution in [1.82, 2.24) is 4.90 Å². The van der Waals surface area contributed by atoms with E-state index in [4.69, 9.17) is 0 Å². The molecule has 18 heavy (non-hydrogen) atoms. The van der Waals surface area contributed by atoms with Gasteiger partial charge in [-0.2, -0.15) is 0 Å². The number of rotatable bonds is 4. The standard InChI is InChI=1S/C15H22FNO/c1-3-15(4-2)7-8-17(11-15)10-12-5-6-14(18)13(16)9-12/h5-6,9,18H,3-4,7-8,10-11H2,1-2H3. The molecule has 2 rings (SSSR count). The molecule has 3 heteroatoms. The van der Waals surface area contributed by atoms with Crippen LogP contribution in [0.1, 0.15) is 38.7 Å². The zero-order chi connectivity index (χ0) is 13.2. The van der Waals surface area contributed by atoms with Crippen LogP contribution in [0.2, 0.25) is 0 Å². The van der Waals surface area contributed by atoms with Crippen molar-refractivity contribution in [2.75, 3.05) is 13.1 Å². The summed E-state index contributed by atoms with van der Waals surface area (Å²) < 4.78 is 13.3. The molecular formula is C15H22FNO. The molecule has 0 radical (unpaired) electrons. The van der Waals surface area contributed by atoms with Crippen molar-refractivity contribution in [3.05, 3.63) is 29.6 Å². The first kappa shape index (κ1) is 13.3. The Kier molecular flexibility index (Phi) is 3.91. The highest BCUT2D eigenvalue weighted by Crippen LogP contribution is 2.37. The van der Waals surface area contributed by atoms with Crippen LogP contribution in [0.4, 0.5) is 4.39 Å². The molecule has 0 spiro atoms. The van der Waals surface area contributed by atoms with E-state index in [1.807, 2.05) is 0 Å². The van der Waals surface area contributed by atoms with Crippen LogP contribution >= 0.6 is 0 Å². The quantitative estimate of drug-likeness (QED) is 0.884. The predicted molar refractivity (Wildman–Crippen MR) is 71.0 cm³/mol. The average molecular weight is 251 g/mol. The van der Waals surface area contributed by atoms with Crippen LogP contribution < -0.4 is 0 Å². The third-order valence-electron chi connectivity index (χ3n) is 4.44. The molecule has 1 aromatic rings. The predicted octanol–water partition coefficient (Wildman–Crippen LogP) is 3.54. The monoisotopic (exact) mass is 251 g/mol. The summed E-state index contributed by atoms with van der Waals surface area (Å²) in [7, 11) is 0. The molecule has 100 valence electrons. The first-order chi connectivity index (χ1) is 8.58. The molecule has 1 fully saturated rings. The highest BCUT2D eigenvalue weighted by Gasteiger charge is 2.34. The molecular weight excluding hydrogens is 229 g/mol. The Morgan fingerprint density at radius 2 is 2.06 bits per heavy atom. The second-order valence-electron chi connectivity index (χ2n) is 5.45. The molecule has 0 unspecified atom stereocenters. The molecule has 0 atom stereocenters. The van der Waals surface area contributed by atoms with Crippen LogP contribution in [0.5, 0.6) is 5.75 Å². The Hall–Kier alpha value is -1.09. The van der Waals surface area contributed by atoms with Gasteiger partial charge in [0.25, 0.3) is 0 Å². The molecule has 1 aromatic carbocycles. The van der Waals surface area contributed by atoms with Gasteiger partial charge >= 0.3 is 0 Å². The molecule has 0 saturated carbocycles. The van der Waals surface area contributed by atoms with Crippen LogP contribution in [-0.4, -0.2) is 23.1 Å². The van der Waals surface area contributed by atoms with Crippen molar-refractivity contribution in [3.8, 4) is 5.75 Å². The summed E-state index contributed by atoms with van der Waals surface area (Å²) in [5, 5.41) is 9.18. The number of hydrogen-bond donors (Lipinski definition) is 1. The van der Waals surface area contributed by atoms with Gasteiger partial charge in [0.1, 0.15) is 0 Å². The molecule has 0 bridgehead atoms. The largest absolute Gasteiger partial charge is 0.505 e. The Balaban J connectivity index is 2.01. The van der Waals surface area contributed by atoms with Crippen molar-refractivity contribution in [2.24, 2.45) is 5.41 Å². The van der Waals surface area contributed by atoms with E-state index in [0.29, 0.717) is 5.41 Å². The zero-order valence-corrected chi connectivity index (χ0v) is 11.2. The average Bonchev–Trinajstić information content (AvgIpc) is 2.78. The number of hydrogen-bond acceptors (Lipinski definition) is 2. The first-order valence-electron chi connectivity index (χ1n) is 6.78. The van der Waals surface area contributed by atoms with E-state index in [1.165, 1.54) is 31.4 Å². The molecule has 0 aliphatic carbocycles. The van der Waals surface area contributed by atoms with Gasteiger partial charge in [0.15, 0.2) is 11.6 Å². The van der Waals surface area contributed by atoms with Crippen molar-refractivity contribution < 1.29 is 9.50 Å². The SMILES string of the molecule is CCC1(CC)CCN(Cc2ccc(O)c(F)c2)C1. The molecule has 1 aliphatic rings. The van der Waals surface area contributed by atoms with E-state index in [0.717, 1.165) is 25.2 Å². The third-order valence-corrected chi connectivity index (χ3v) is 4.44. The fraction of sp³-hybridized carbons (Fsp3) is 0.600. The minimum Gasteiger partial charge on any atom is -0.505 e. The van der Waals surface area contributed by atoms with Gasteiger partial charge < -0.3 is 5.11 Å². The van der Waals surface area contributed by atoms with Gasteiger partial charge in [-0.3, -0.25) is 4.90 Å². The Morgan fingerprint density at radius 1 is 1.33 bits per heavy atom. The highest BCUT2D eigenvalue weighted by molar-refractivity contribution is 5.28. The van der Waals surface area contributed by atoms with Gasteiger partial charge in [-0.25, -0.2) is 4.39 Å². The summed E-state index contributed by atoms with van der Waals surface area (Å²) in [5.74, 6) is -0.791. The molecule has 0 amide bonds. The van der Waals surface area contributed by atoms with Crippen LogP contribution in [0.15, 0.2) is 18.2 Å². The zero-order valence-electron chi connectivity index (χ0n) is 11.2. The van der Waals surface area contributed by atoms with Crippen molar-refractivity contribution >= 4 is 0 Å². The summed E-state index contributed by atoms with van der Waals surface area (Å²) in [4.78, 5) is 2.39. The van der Waals surface area contributed by atoms with Crippen LogP contribution in [0.25, 0.3) is 0 Å². The Morgan fingerprint density at radius 3 is 2.61 bits per heavy atom.